The predicted octanol–water partition coefficient (Wildman–Crippen LogP) is 3.05. The fourth-order valence-electron chi connectivity index (χ4n) is 3.12. The van der Waals surface area contributed by atoms with Crippen molar-refractivity contribution < 1.29 is 28.7 Å². The highest BCUT2D eigenvalue weighted by Crippen LogP contribution is 2.23. The van der Waals surface area contributed by atoms with Gasteiger partial charge in [0.1, 0.15) is 12.6 Å². The summed E-state index contributed by atoms with van der Waals surface area (Å²) in [6, 6.07) is 15.9. The number of carboxylic acid groups (broad SMARTS) is 1. The molecule has 0 aromatic heterocycles. The molecule has 2 unspecified atom stereocenters. The van der Waals surface area contributed by atoms with Crippen molar-refractivity contribution in [2.75, 3.05) is 0 Å². The van der Waals surface area contributed by atoms with Gasteiger partial charge in [0.2, 0.25) is 5.54 Å². The lowest BCUT2D eigenvalue weighted by Crippen LogP contribution is -2.67. The van der Waals surface area contributed by atoms with E-state index < -0.39 is 35.3 Å². The molecule has 0 aliphatic rings. The number of ether oxygens (including phenoxy) is 1. The zero-order valence-electron chi connectivity index (χ0n) is 16.8. The fourth-order valence-corrected chi connectivity index (χ4v) is 3.12. The lowest BCUT2D eigenvalue weighted by atomic mass is 9.78. The van der Waals surface area contributed by atoms with Gasteiger partial charge in [0.25, 0.3) is 0 Å². The van der Waals surface area contributed by atoms with Crippen molar-refractivity contribution in [1.82, 2.24) is 10.9 Å². The second-order valence-corrected chi connectivity index (χ2v) is 7.17. The van der Waals surface area contributed by atoms with Gasteiger partial charge in [0.15, 0.2) is 5.78 Å². The van der Waals surface area contributed by atoms with Crippen molar-refractivity contribution in [1.29, 1.82) is 0 Å². The Balaban J connectivity index is 2.22. The SMILES string of the molecule is CC(C)C(NC(=O)OCc1ccccc1)(C(=O)O)C(=O)C(Cc1ccccc1)NF. The van der Waals surface area contributed by atoms with Gasteiger partial charge in [-0.1, -0.05) is 74.5 Å². The first-order valence-corrected chi connectivity index (χ1v) is 9.48. The monoisotopic (exact) mass is 416 g/mol. The average molecular weight is 416 g/mol. The molecule has 2 aromatic carbocycles. The molecule has 7 nitrogen and oxygen atoms in total. The number of Topliss-reactive ketones (excluding diaryl/α,β-unsaturated/α-hetero) is 1. The van der Waals surface area contributed by atoms with Gasteiger partial charge in [0.05, 0.1) is 0 Å². The third-order valence-corrected chi connectivity index (χ3v) is 4.83. The smallest absolute Gasteiger partial charge is 0.408 e. The maximum atomic E-state index is 13.5. The Bertz CT molecular complexity index is 860. The molecule has 3 N–H and O–H groups in total. The number of amides is 1. The molecule has 0 spiro atoms. The Morgan fingerprint density at radius 1 is 1.00 bits per heavy atom. The van der Waals surface area contributed by atoms with Gasteiger partial charge in [-0.3, -0.25) is 10.1 Å². The summed E-state index contributed by atoms with van der Waals surface area (Å²) in [4.78, 5) is 37.6. The topological polar surface area (TPSA) is 105 Å². The quantitative estimate of drug-likeness (QED) is 0.406. The van der Waals surface area contributed by atoms with Crippen LogP contribution in [0.15, 0.2) is 60.7 Å². The molecule has 2 atom stereocenters. The summed E-state index contributed by atoms with van der Waals surface area (Å²) in [5, 5.41) is 12.1. The van der Waals surface area contributed by atoms with Crippen molar-refractivity contribution in [2.24, 2.45) is 5.92 Å². The average Bonchev–Trinajstić information content (AvgIpc) is 2.75. The number of hydrogen-bond donors (Lipinski definition) is 3. The number of alkyl carbamates (subject to hydrolysis) is 1. The van der Waals surface area contributed by atoms with Crippen molar-refractivity contribution in [3.63, 3.8) is 0 Å². The summed E-state index contributed by atoms with van der Waals surface area (Å²) >= 11 is 0. The molecule has 0 saturated carbocycles. The first kappa shape index (κ1) is 23.0. The number of nitrogens with one attached hydrogen (secondary N) is 2. The molecule has 0 aliphatic carbocycles. The summed E-state index contributed by atoms with van der Waals surface area (Å²) in [7, 11) is 0. The molecule has 2 aromatic rings. The van der Waals surface area contributed by atoms with E-state index in [0.29, 0.717) is 11.1 Å². The largest absolute Gasteiger partial charge is 0.479 e. The Hall–Kier alpha value is -3.26. The van der Waals surface area contributed by atoms with Gasteiger partial charge in [-0.25, -0.2) is 9.59 Å². The van der Waals surface area contributed by atoms with Crippen LogP contribution in [-0.2, 0) is 27.4 Å². The fraction of sp³-hybridized carbons (Fsp3) is 0.318. The highest BCUT2D eigenvalue weighted by atomic mass is 19.2. The predicted molar refractivity (Wildman–Crippen MR) is 108 cm³/mol. The second kappa shape index (κ2) is 10.5. The van der Waals surface area contributed by atoms with Crippen molar-refractivity contribution >= 4 is 17.8 Å². The van der Waals surface area contributed by atoms with Gasteiger partial charge in [0, 0.05) is 0 Å². The minimum atomic E-state index is -2.37. The van der Waals surface area contributed by atoms with Crippen LogP contribution in [0.5, 0.6) is 0 Å². The number of carboxylic acids is 1. The summed E-state index contributed by atoms with van der Waals surface area (Å²) < 4.78 is 18.6. The number of carbonyl (C=O) groups excluding carboxylic acids is 2. The number of ketones is 1. The van der Waals surface area contributed by atoms with E-state index in [1.807, 2.05) is 0 Å². The number of benzene rings is 2. The van der Waals surface area contributed by atoms with E-state index in [1.165, 1.54) is 19.4 Å². The molecule has 30 heavy (non-hydrogen) atoms. The summed E-state index contributed by atoms with van der Waals surface area (Å²) in [6.45, 7) is 2.81. The third-order valence-electron chi connectivity index (χ3n) is 4.83. The molecule has 0 aliphatic heterocycles. The maximum absolute atomic E-state index is 13.5. The normalized spacial score (nSPS) is 13.9. The highest BCUT2D eigenvalue weighted by molar-refractivity contribution is 6.12. The number of aliphatic carboxylic acids is 1. The van der Waals surface area contributed by atoms with Crippen LogP contribution in [0.25, 0.3) is 0 Å². The third kappa shape index (κ3) is 5.42. The molecule has 0 heterocycles. The molecule has 0 bridgehead atoms. The van der Waals surface area contributed by atoms with Gasteiger partial charge in [-0.05, 0) is 23.5 Å². The van der Waals surface area contributed by atoms with Gasteiger partial charge in [-0.15, -0.1) is 10.0 Å². The molecule has 160 valence electrons. The Morgan fingerprint density at radius 2 is 1.53 bits per heavy atom. The van der Waals surface area contributed by atoms with Gasteiger partial charge in [-0.2, -0.15) is 0 Å². The molecule has 0 radical (unpaired) electrons. The van der Waals surface area contributed by atoms with Crippen molar-refractivity contribution in [2.45, 2.75) is 38.5 Å². The van der Waals surface area contributed by atoms with Gasteiger partial charge >= 0.3 is 12.1 Å². The number of rotatable bonds is 10. The maximum Gasteiger partial charge on any atom is 0.408 e. The standard InChI is InChI=1S/C22H25FN2O5/c1-15(2)22(20(27)28,24-21(29)30-14-17-11-7-4-8-12-17)19(26)18(25-23)13-16-9-5-3-6-10-16/h3-12,15,18,25H,13-14H2,1-2H3,(H,24,29)(H,27,28). The minimum absolute atomic E-state index is 0.0847. The Morgan fingerprint density at radius 3 is 2.00 bits per heavy atom. The zero-order valence-corrected chi connectivity index (χ0v) is 16.8. The van der Waals surface area contributed by atoms with E-state index in [9.17, 15) is 24.0 Å². The van der Waals surface area contributed by atoms with Crippen LogP contribution >= 0.6 is 0 Å². The van der Waals surface area contributed by atoms with E-state index in [0.717, 1.165) is 0 Å². The van der Waals surface area contributed by atoms with Crippen LogP contribution in [0.1, 0.15) is 25.0 Å². The first-order chi connectivity index (χ1) is 14.3. The number of halogens is 1. The van der Waals surface area contributed by atoms with Crippen LogP contribution < -0.4 is 10.9 Å². The molecule has 0 fully saturated rings. The lowest BCUT2D eigenvalue weighted by Gasteiger charge is -2.34. The van der Waals surface area contributed by atoms with E-state index in [-0.39, 0.29) is 13.0 Å². The van der Waals surface area contributed by atoms with Crippen LogP contribution in [0, 0.1) is 5.92 Å². The minimum Gasteiger partial charge on any atom is -0.479 e. The molecule has 1 amide bonds. The molecule has 8 heteroatoms. The summed E-state index contributed by atoms with van der Waals surface area (Å²) in [6.07, 6.45) is -1.17. The van der Waals surface area contributed by atoms with E-state index >= 15 is 0 Å². The zero-order chi connectivity index (χ0) is 22.1. The van der Waals surface area contributed by atoms with Gasteiger partial charge < -0.3 is 9.84 Å². The number of carbonyl (C=O) groups is 3. The van der Waals surface area contributed by atoms with E-state index in [1.54, 1.807) is 60.7 Å². The highest BCUT2D eigenvalue weighted by Gasteiger charge is 2.53. The lowest BCUT2D eigenvalue weighted by molar-refractivity contribution is -0.153. The van der Waals surface area contributed by atoms with E-state index in [4.69, 9.17) is 4.74 Å². The Labute approximate surface area is 174 Å². The summed E-state index contributed by atoms with van der Waals surface area (Å²) in [5.74, 6) is -3.47. The second-order valence-electron chi connectivity index (χ2n) is 7.17. The van der Waals surface area contributed by atoms with Crippen molar-refractivity contribution in [3.05, 3.63) is 71.8 Å². The van der Waals surface area contributed by atoms with E-state index in [2.05, 4.69) is 5.32 Å². The van der Waals surface area contributed by atoms with Crippen LogP contribution in [0.4, 0.5) is 9.28 Å². The molecule has 0 saturated heterocycles. The Kier molecular flexibility index (Phi) is 8.06. The molecule has 2 rings (SSSR count). The van der Waals surface area contributed by atoms with Crippen LogP contribution in [0.2, 0.25) is 0 Å². The molecular formula is C22H25FN2O5. The van der Waals surface area contributed by atoms with Crippen LogP contribution in [-0.4, -0.2) is 34.5 Å². The van der Waals surface area contributed by atoms with Crippen LogP contribution in [0.3, 0.4) is 0 Å². The van der Waals surface area contributed by atoms with Crippen molar-refractivity contribution in [3.8, 4) is 0 Å². The molecular weight excluding hydrogens is 391 g/mol. The number of hydrogen-bond acceptors (Lipinski definition) is 5. The first-order valence-electron chi connectivity index (χ1n) is 9.48. The summed E-state index contributed by atoms with van der Waals surface area (Å²) in [5.41, 5.74) is 0.349.